The van der Waals surface area contributed by atoms with E-state index in [2.05, 4.69) is 5.32 Å². The molecule has 0 radical (unpaired) electrons. The lowest BCUT2D eigenvalue weighted by Gasteiger charge is -2.21. The average molecular weight is 228 g/mol. The molecule has 16 heavy (non-hydrogen) atoms. The van der Waals surface area contributed by atoms with E-state index in [9.17, 15) is 13.6 Å². The van der Waals surface area contributed by atoms with Crippen molar-refractivity contribution in [3.8, 4) is 0 Å². The molecule has 0 aliphatic carbocycles. The van der Waals surface area contributed by atoms with Crippen molar-refractivity contribution < 1.29 is 13.6 Å². The Morgan fingerprint density at radius 2 is 2.06 bits per heavy atom. The van der Waals surface area contributed by atoms with Crippen LogP contribution >= 0.6 is 0 Å². The van der Waals surface area contributed by atoms with Crippen LogP contribution in [0.1, 0.15) is 13.8 Å². The van der Waals surface area contributed by atoms with Gasteiger partial charge in [-0.2, -0.15) is 0 Å². The summed E-state index contributed by atoms with van der Waals surface area (Å²) in [6.45, 7) is 3.43. The third-order valence-corrected chi connectivity index (χ3v) is 2.30. The average Bonchev–Trinajstić information content (AvgIpc) is 2.22. The second-order valence-electron chi connectivity index (χ2n) is 4.17. The first kappa shape index (κ1) is 12.6. The minimum atomic E-state index is -0.804. The van der Waals surface area contributed by atoms with Crippen LogP contribution in [-0.2, 0) is 4.79 Å². The summed E-state index contributed by atoms with van der Waals surface area (Å²) in [7, 11) is 0. The van der Waals surface area contributed by atoms with Gasteiger partial charge < -0.3 is 11.1 Å². The number of nitrogens with one attached hydrogen (secondary N) is 1. The van der Waals surface area contributed by atoms with E-state index in [1.807, 2.05) is 0 Å². The van der Waals surface area contributed by atoms with Crippen LogP contribution < -0.4 is 11.1 Å². The van der Waals surface area contributed by atoms with Gasteiger partial charge in [-0.15, -0.1) is 0 Å². The van der Waals surface area contributed by atoms with Crippen molar-refractivity contribution in [2.75, 3.05) is 11.9 Å². The molecule has 0 aromatic heterocycles. The first-order valence-corrected chi connectivity index (χ1v) is 4.83. The summed E-state index contributed by atoms with van der Waals surface area (Å²) in [6.07, 6.45) is 0. The molecule has 0 aliphatic rings. The fourth-order valence-electron chi connectivity index (χ4n) is 0.975. The highest BCUT2D eigenvalue weighted by molar-refractivity contribution is 5.95. The smallest absolute Gasteiger partial charge is 0.231 e. The van der Waals surface area contributed by atoms with E-state index in [4.69, 9.17) is 5.73 Å². The van der Waals surface area contributed by atoms with Crippen molar-refractivity contribution in [3.05, 3.63) is 29.8 Å². The van der Waals surface area contributed by atoms with Crippen molar-refractivity contribution in [1.29, 1.82) is 0 Å². The van der Waals surface area contributed by atoms with Crippen LogP contribution in [0, 0.1) is 17.0 Å². The van der Waals surface area contributed by atoms with Crippen LogP contribution in [0.3, 0.4) is 0 Å². The summed E-state index contributed by atoms with van der Waals surface area (Å²) >= 11 is 0. The van der Waals surface area contributed by atoms with Gasteiger partial charge in [0.25, 0.3) is 0 Å². The molecule has 0 unspecified atom stereocenters. The molecule has 0 atom stereocenters. The van der Waals surface area contributed by atoms with Crippen molar-refractivity contribution in [3.63, 3.8) is 0 Å². The van der Waals surface area contributed by atoms with E-state index in [1.54, 1.807) is 13.8 Å². The molecule has 1 rings (SSSR count). The summed E-state index contributed by atoms with van der Waals surface area (Å²) < 4.78 is 25.8. The monoisotopic (exact) mass is 228 g/mol. The van der Waals surface area contributed by atoms with Crippen LogP contribution in [-0.4, -0.2) is 12.5 Å². The van der Waals surface area contributed by atoms with Gasteiger partial charge in [0, 0.05) is 12.6 Å². The van der Waals surface area contributed by atoms with Gasteiger partial charge in [-0.25, -0.2) is 8.78 Å². The minimum absolute atomic E-state index is 0.0482. The molecule has 0 fully saturated rings. The maximum Gasteiger partial charge on any atom is 0.231 e. The predicted molar refractivity (Wildman–Crippen MR) is 57.8 cm³/mol. The number of benzene rings is 1. The standard InChI is InChI=1S/C11H14F2N2O/c1-11(2,6-14)10(16)15-9-4-3-7(12)5-8(9)13/h3-5H,6,14H2,1-2H3,(H,15,16). The van der Waals surface area contributed by atoms with Gasteiger partial charge in [-0.05, 0) is 26.0 Å². The van der Waals surface area contributed by atoms with E-state index in [-0.39, 0.29) is 12.2 Å². The molecular formula is C11H14F2N2O. The molecule has 1 amide bonds. The number of rotatable bonds is 3. The van der Waals surface area contributed by atoms with Crippen LogP contribution in [0.2, 0.25) is 0 Å². The van der Waals surface area contributed by atoms with E-state index in [0.717, 1.165) is 6.07 Å². The fraction of sp³-hybridized carbons (Fsp3) is 0.364. The SMILES string of the molecule is CC(C)(CN)C(=O)Nc1ccc(F)cc1F. The fourth-order valence-corrected chi connectivity index (χ4v) is 0.975. The molecule has 0 bridgehead atoms. The highest BCUT2D eigenvalue weighted by Crippen LogP contribution is 2.19. The largest absolute Gasteiger partial charge is 0.329 e. The first-order chi connectivity index (χ1) is 7.36. The van der Waals surface area contributed by atoms with Crippen LogP contribution in [0.15, 0.2) is 18.2 Å². The highest BCUT2D eigenvalue weighted by Gasteiger charge is 2.26. The maximum absolute atomic E-state index is 13.2. The van der Waals surface area contributed by atoms with Crippen molar-refractivity contribution in [2.24, 2.45) is 11.1 Å². The second-order valence-corrected chi connectivity index (χ2v) is 4.17. The molecule has 0 spiro atoms. The number of hydrogen-bond donors (Lipinski definition) is 2. The zero-order chi connectivity index (χ0) is 12.3. The number of anilines is 1. The number of carbonyl (C=O) groups is 1. The van der Waals surface area contributed by atoms with Gasteiger partial charge in [0.2, 0.25) is 5.91 Å². The van der Waals surface area contributed by atoms with Crippen molar-refractivity contribution in [1.82, 2.24) is 0 Å². The third-order valence-electron chi connectivity index (χ3n) is 2.30. The molecule has 0 saturated carbocycles. The summed E-state index contributed by atoms with van der Waals surface area (Å²) in [4.78, 5) is 11.7. The maximum atomic E-state index is 13.2. The summed E-state index contributed by atoms with van der Waals surface area (Å²) in [6, 6.07) is 2.97. The Kier molecular flexibility index (Phi) is 3.59. The molecule has 5 heteroatoms. The van der Waals surface area contributed by atoms with Gasteiger partial charge in [-0.3, -0.25) is 4.79 Å². The molecule has 3 N–H and O–H groups in total. The summed E-state index contributed by atoms with van der Waals surface area (Å²) in [5, 5.41) is 2.37. The van der Waals surface area contributed by atoms with Crippen molar-refractivity contribution >= 4 is 11.6 Å². The van der Waals surface area contributed by atoms with Crippen LogP contribution in [0.4, 0.5) is 14.5 Å². The molecule has 0 saturated heterocycles. The lowest BCUT2D eigenvalue weighted by molar-refractivity contribution is -0.123. The zero-order valence-corrected chi connectivity index (χ0v) is 9.18. The zero-order valence-electron chi connectivity index (χ0n) is 9.18. The van der Waals surface area contributed by atoms with E-state index in [1.165, 1.54) is 6.07 Å². The first-order valence-electron chi connectivity index (χ1n) is 4.83. The van der Waals surface area contributed by atoms with E-state index >= 15 is 0 Å². The minimum Gasteiger partial charge on any atom is -0.329 e. The molecule has 1 aromatic rings. The number of nitrogens with two attached hydrogens (primary N) is 1. The molecule has 3 nitrogen and oxygen atoms in total. The molecule has 88 valence electrons. The Labute approximate surface area is 92.6 Å². The highest BCUT2D eigenvalue weighted by atomic mass is 19.1. The molecule has 0 aliphatic heterocycles. The topological polar surface area (TPSA) is 55.1 Å². The number of amides is 1. The lowest BCUT2D eigenvalue weighted by Crippen LogP contribution is -2.37. The van der Waals surface area contributed by atoms with Gasteiger partial charge >= 0.3 is 0 Å². The van der Waals surface area contributed by atoms with E-state index < -0.39 is 23.0 Å². The molecular weight excluding hydrogens is 214 g/mol. The van der Waals surface area contributed by atoms with Crippen LogP contribution in [0.25, 0.3) is 0 Å². The lowest BCUT2D eigenvalue weighted by atomic mass is 9.92. The molecule has 0 heterocycles. The Morgan fingerprint density at radius 1 is 1.44 bits per heavy atom. The predicted octanol–water partition coefficient (Wildman–Crippen LogP) is 1.89. The quantitative estimate of drug-likeness (QED) is 0.830. The normalized spacial score (nSPS) is 11.3. The van der Waals surface area contributed by atoms with Gasteiger partial charge in [0.05, 0.1) is 11.1 Å². The Morgan fingerprint density at radius 3 is 2.56 bits per heavy atom. The Bertz CT molecular complexity index is 405. The number of hydrogen-bond acceptors (Lipinski definition) is 2. The summed E-state index contributed by atoms with van der Waals surface area (Å²) in [5.74, 6) is -1.89. The third kappa shape index (κ3) is 2.76. The molecule has 1 aromatic carbocycles. The van der Waals surface area contributed by atoms with Gasteiger partial charge in [0.15, 0.2) is 0 Å². The van der Waals surface area contributed by atoms with Gasteiger partial charge in [0.1, 0.15) is 11.6 Å². The second kappa shape index (κ2) is 4.57. The van der Waals surface area contributed by atoms with E-state index in [0.29, 0.717) is 6.07 Å². The Balaban J connectivity index is 2.85. The number of carbonyl (C=O) groups excluding carboxylic acids is 1. The van der Waals surface area contributed by atoms with Crippen LogP contribution in [0.5, 0.6) is 0 Å². The number of halogens is 2. The van der Waals surface area contributed by atoms with Gasteiger partial charge in [-0.1, -0.05) is 0 Å². The summed E-state index contributed by atoms with van der Waals surface area (Å²) in [5.41, 5.74) is 4.57. The Hall–Kier alpha value is -1.49. The van der Waals surface area contributed by atoms with Crippen molar-refractivity contribution in [2.45, 2.75) is 13.8 Å².